The minimum Gasteiger partial charge on any atom is -0.481 e. The Morgan fingerprint density at radius 3 is 2.71 bits per heavy atom. The first kappa shape index (κ1) is 16.4. The maximum absolute atomic E-state index is 13.2. The van der Waals surface area contributed by atoms with Crippen molar-refractivity contribution in [3.8, 4) is 5.75 Å². The van der Waals surface area contributed by atoms with Crippen LogP contribution in [0.3, 0.4) is 0 Å². The predicted molar refractivity (Wildman–Crippen MR) is 88.2 cm³/mol. The topological polar surface area (TPSA) is 38.3 Å². The van der Waals surface area contributed by atoms with E-state index in [0.29, 0.717) is 0 Å². The molecular weight excluding hydrogens is 312 g/mol. The van der Waals surface area contributed by atoms with Gasteiger partial charge in [-0.05, 0) is 61.9 Å². The van der Waals surface area contributed by atoms with Gasteiger partial charge in [0, 0.05) is 11.8 Å². The van der Waals surface area contributed by atoms with Crippen LogP contribution in [0.2, 0.25) is 0 Å². The molecule has 0 saturated carbocycles. The molecule has 3 rings (SSSR count). The predicted octanol–water partition coefficient (Wildman–Crippen LogP) is 4.25. The van der Waals surface area contributed by atoms with Crippen LogP contribution in [0.1, 0.15) is 30.9 Å². The van der Waals surface area contributed by atoms with Crippen LogP contribution in [0.15, 0.2) is 36.4 Å². The second kappa shape index (κ2) is 6.99. The van der Waals surface area contributed by atoms with E-state index in [2.05, 4.69) is 11.4 Å². The Kier molecular flexibility index (Phi) is 4.79. The summed E-state index contributed by atoms with van der Waals surface area (Å²) in [5.41, 5.74) is 2.63. The van der Waals surface area contributed by atoms with Gasteiger partial charge in [-0.2, -0.15) is 0 Å². The van der Waals surface area contributed by atoms with Gasteiger partial charge in [-0.1, -0.05) is 12.1 Å². The maximum atomic E-state index is 13.2. The van der Waals surface area contributed by atoms with Gasteiger partial charge >= 0.3 is 0 Å². The van der Waals surface area contributed by atoms with Gasteiger partial charge in [0.1, 0.15) is 5.75 Å². The molecule has 0 radical (unpaired) electrons. The number of hydrogen-bond donors (Lipinski definition) is 1. The quantitative estimate of drug-likeness (QED) is 0.909. The molecular formula is C19H19F2NO2. The van der Waals surface area contributed by atoms with Gasteiger partial charge in [0.15, 0.2) is 17.7 Å². The third-order valence-corrected chi connectivity index (χ3v) is 4.21. The molecule has 2 aromatic carbocycles. The number of anilines is 1. The molecule has 0 saturated heterocycles. The van der Waals surface area contributed by atoms with Crippen LogP contribution in [0.25, 0.3) is 0 Å². The van der Waals surface area contributed by atoms with Gasteiger partial charge in [-0.15, -0.1) is 0 Å². The van der Waals surface area contributed by atoms with Crippen molar-refractivity contribution >= 4 is 11.6 Å². The summed E-state index contributed by atoms with van der Waals surface area (Å²) in [5.74, 6) is -1.64. The fourth-order valence-electron chi connectivity index (χ4n) is 2.92. The number of rotatable bonds is 4. The van der Waals surface area contributed by atoms with Crippen molar-refractivity contribution in [1.29, 1.82) is 0 Å². The fourth-order valence-corrected chi connectivity index (χ4v) is 2.92. The molecule has 1 aliphatic carbocycles. The van der Waals surface area contributed by atoms with Crippen molar-refractivity contribution in [3.05, 3.63) is 59.2 Å². The molecule has 0 aromatic heterocycles. The molecule has 0 bridgehead atoms. The van der Waals surface area contributed by atoms with Crippen LogP contribution < -0.4 is 10.1 Å². The molecule has 1 N–H and O–H groups in total. The highest BCUT2D eigenvalue weighted by atomic mass is 19.2. The maximum Gasteiger partial charge on any atom is 0.265 e. The summed E-state index contributed by atoms with van der Waals surface area (Å²) < 4.78 is 32.0. The normalized spacial score (nSPS) is 14.6. The van der Waals surface area contributed by atoms with Crippen LogP contribution in [0, 0.1) is 11.6 Å². The molecule has 0 spiro atoms. The summed E-state index contributed by atoms with van der Waals surface area (Å²) >= 11 is 0. The van der Waals surface area contributed by atoms with Crippen LogP contribution >= 0.6 is 0 Å². The van der Waals surface area contributed by atoms with E-state index < -0.39 is 23.6 Å². The lowest BCUT2D eigenvalue weighted by atomic mass is 9.91. The second-order valence-electron chi connectivity index (χ2n) is 5.98. The van der Waals surface area contributed by atoms with E-state index in [1.165, 1.54) is 18.1 Å². The second-order valence-corrected chi connectivity index (χ2v) is 5.98. The average Bonchev–Trinajstić information content (AvgIpc) is 2.58. The Balaban J connectivity index is 1.69. The zero-order chi connectivity index (χ0) is 17.1. The number of carbonyl (C=O) groups is 1. The van der Waals surface area contributed by atoms with Gasteiger partial charge in [0.05, 0.1) is 0 Å². The number of halogens is 2. The number of nitrogens with one attached hydrogen (secondary N) is 1. The molecule has 1 unspecified atom stereocenters. The number of fused-ring (bicyclic) bond motifs is 1. The monoisotopic (exact) mass is 331 g/mol. The lowest BCUT2D eigenvalue weighted by molar-refractivity contribution is -0.122. The van der Waals surface area contributed by atoms with Crippen molar-refractivity contribution in [1.82, 2.24) is 0 Å². The summed E-state index contributed by atoms with van der Waals surface area (Å²) in [5, 5.41) is 2.54. The third-order valence-electron chi connectivity index (χ3n) is 4.21. The Bertz CT molecular complexity index is 761. The molecule has 1 amide bonds. The van der Waals surface area contributed by atoms with E-state index >= 15 is 0 Å². The largest absolute Gasteiger partial charge is 0.481 e. The molecule has 3 nitrogen and oxygen atoms in total. The number of hydrogen-bond acceptors (Lipinski definition) is 2. The highest BCUT2D eigenvalue weighted by Crippen LogP contribution is 2.30. The minimum atomic E-state index is -1.00. The lowest BCUT2D eigenvalue weighted by Crippen LogP contribution is -2.30. The Labute approximate surface area is 139 Å². The highest BCUT2D eigenvalue weighted by Gasteiger charge is 2.19. The summed E-state index contributed by atoms with van der Waals surface area (Å²) in [6, 6.07) is 9.13. The zero-order valence-electron chi connectivity index (χ0n) is 13.4. The SMILES string of the molecule is CC(Oc1cccc2c1CCCC2)C(=O)Nc1ccc(F)c(F)c1. The van der Waals surface area contributed by atoms with Crippen molar-refractivity contribution < 1.29 is 18.3 Å². The summed E-state index contributed by atoms with van der Waals surface area (Å²) in [7, 11) is 0. The van der Waals surface area contributed by atoms with E-state index in [1.54, 1.807) is 6.92 Å². The third kappa shape index (κ3) is 3.55. The van der Waals surface area contributed by atoms with Gasteiger partial charge in [-0.25, -0.2) is 8.78 Å². The molecule has 0 fully saturated rings. The van der Waals surface area contributed by atoms with Crippen molar-refractivity contribution in [2.45, 2.75) is 38.7 Å². The van der Waals surface area contributed by atoms with E-state index in [0.717, 1.165) is 42.7 Å². The zero-order valence-corrected chi connectivity index (χ0v) is 13.4. The molecule has 0 heterocycles. The first-order valence-corrected chi connectivity index (χ1v) is 8.08. The summed E-state index contributed by atoms with van der Waals surface area (Å²) in [4.78, 5) is 12.2. The van der Waals surface area contributed by atoms with Gasteiger partial charge in [-0.3, -0.25) is 4.79 Å². The van der Waals surface area contributed by atoms with Crippen LogP contribution in [0.5, 0.6) is 5.75 Å². The van der Waals surface area contributed by atoms with Gasteiger partial charge < -0.3 is 10.1 Å². The Morgan fingerprint density at radius 1 is 1.12 bits per heavy atom. The molecule has 24 heavy (non-hydrogen) atoms. The van der Waals surface area contributed by atoms with Crippen molar-refractivity contribution in [2.75, 3.05) is 5.32 Å². The van der Waals surface area contributed by atoms with Gasteiger partial charge in [0.25, 0.3) is 5.91 Å². The first-order valence-electron chi connectivity index (χ1n) is 8.08. The number of aryl methyl sites for hydroxylation is 1. The fraction of sp³-hybridized carbons (Fsp3) is 0.316. The summed E-state index contributed by atoms with van der Waals surface area (Å²) in [6.07, 6.45) is 3.52. The van der Waals surface area contributed by atoms with Crippen LogP contribution in [-0.2, 0) is 17.6 Å². The molecule has 2 aromatic rings. The van der Waals surface area contributed by atoms with Crippen LogP contribution in [0.4, 0.5) is 14.5 Å². The van der Waals surface area contributed by atoms with E-state index in [1.807, 2.05) is 12.1 Å². The summed E-state index contributed by atoms with van der Waals surface area (Å²) in [6.45, 7) is 1.64. The standard InChI is InChI=1S/C19H19F2NO2/c1-12(19(23)22-14-9-10-16(20)17(21)11-14)24-18-8-4-6-13-5-2-3-7-15(13)18/h4,6,8-12H,2-3,5,7H2,1H3,(H,22,23). The van der Waals surface area contributed by atoms with E-state index in [4.69, 9.17) is 4.74 Å². The number of ether oxygens (including phenoxy) is 1. The lowest BCUT2D eigenvalue weighted by Gasteiger charge is -2.22. The number of benzene rings is 2. The molecule has 5 heteroatoms. The number of amides is 1. The van der Waals surface area contributed by atoms with Crippen molar-refractivity contribution in [2.24, 2.45) is 0 Å². The average molecular weight is 331 g/mol. The van der Waals surface area contributed by atoms with E-state index in [9.17, 15) is 13.6 Å². The molecule has 1 atom stereocenters. The van der Waals surface area contributed by atoms with Crippen molar-refractivity contribution in [3.63, 3.8) is 0 Å². The van der Waals surface area contributed by atoms with Gasteiger partial charge in [0.2, 0.25) is 0 Å². The van der Waals surface area contributed by atoms with Crippen LogP contribution in [-0.4, -0.2) is 12.0 Å². The molecule has 1 aliphatic rings. The van der Waals surface area contributed by atoms with E-state index in [-0.39, 0.29) is 5.69 Å². The smallest absolute Gasteiger partial charge is 0.265 e. The number of carbonyl (C=O) groups excluding carboxylic acids is 1. The first-order chi connectivity index (χ1) is 11.5. The highest BCUT2D eigenvalue weighted by molar-refractivity contribution is 5.94. The molecule has 126 valence electrons. The molecule has 0 aliphatic heterocycles. The Hall–Kier alpha value is -2.43. The Morgan fingerprint density at radius 2 is 1.92 bits per heavy atom. The minimum absolute atomic E-state index is 0.199.